The van der Waals surface area contributed by atoms with Gasteiger partial charge in [-0.05, 0) is 25.5 Å². The number of methoxy groups -OCH3 is 2. The molecule has 0 aliphatic carbocycles. The van der Waals surface area contributed by atoms with E-state index in [-0.39, 0.29) is 11.7 Å². The molecule has 31 heavy (non-hydrogen) atoms. The zero-order valence-electron chi connectivity index (χ0n) is 17.6. The maximum Gasteiger partial charge on any atom is 0.287 e. The number of rotatable bonds is 6. The number of halogens is 1. The van der Waals surface area contributed by atoms with Crippen molar-refractivity contribution in [3.05, 3.63) is 52.9 Å². The summed E-state index contributed by atoms with van der Waals surface area (Å²) in [7, 11) is 3.12. The minimum atomic E-state index is -0.287. The van der Waals surface area contributed by atoms with Crippen LogP contribution in [0.3, 0.4) is 0 Å². The van der Waals surface area contributed by atoms with Gasteiger partial charge in [-0.3, -0.25) is 9.20 Å². The third-order valence-electron chi connectivity index (χ3n) is 4.96. The van der Waals surface area contributed by atoms with Crippen LogP contribution in [0.4, 0.5) is 11.5 Å². The molecule has 4 rings (SSSR count). The summed E-state index contributed by atoms with van der Waals surface area (Å²) in [5, 5.41) is 6.69. The molecule has 2 aromatic heterocycles. The summed E-state index contributed by atoms with van der Waals surface area (Å²) in [5.41, 5.74) is 3.58. The maximum atomic E-state index is 12.7. The van der Waals surface area contributed by atoms with Crippen LogP contribution in [0, 0.1) is 6.92 Å². The number of ether oxygens (including phenoxy) is 2. The van der Waals surface area contributed by atoms with Crippen molar-refractivity contribution in [1.29, 1.82) is 0 Å². The molecule has 0 bridgehead atoms. The van der Waals surface area contributed by atoms with Gasteiger partial charge in [0.2, 0.25) is 5.82 Å². The highest BCUT2D eigenvalue weighted by atomic mass is 35.5. The van der Waals surface area contributed by atoms with Gasteiger partial charge in [-0.15, -0.1) is 0 Å². The van der Waals surface area contributed by atoms with Gasteiger partial charge < -0.3 is 20.1 Å². The maximum absolute atomic E-state index is 12.7. The number of amides is 1. The molecule has 0 saturated carbocycles. The Hall–Kier alpha value is -3.52. The Bertz CT molecular complexity index is 1280. The van der Waals surface area contributed by atoms with E-state index in [9.17, 15) is 4.79 Å². The van der Waals surface area contributed by atoms with E-state index in [1.807, 2.05) is 26.0 Å². The van der Waals surface area contributed by atoms with Gasteiger partial charge in [-0.2, -0.15) is 0 Å². The molecule has 0 aliphatic rings. The van der Waals surface area contributed by atoms with Gasteiger partial charge in [-0.25, -0.2) is 9.97 Å². The van der Waals surface area contributed by atoms with Crippen molar-refractivity contribution in [2.24, 2.45) is 0 Å². The number of hydrogen-bond acceptors (Lipinski definition) is 6. The zero-order chi connectivity index (χ0) is 22.1. The lowest BCUT2D eigenvalue weighted by atomic mass is 10.2. The number of nitrogens with one attached hydrogen (secondary N) is 2. The fraction of sp³-hybridized carbons (Fsp3) is 0.227. The first kappa shape index (κ1) is 20.7. The molecule has 0 spiro atoms. The van der Waals surface area contributed by atoms with E-state index in [2.05, 4.69) is 15.6 Å². The normalized spacial score (nSPS) is 11.0. The number of anilines is 2. The minimum Gasteiger partial charge on any atom is -0.493 e. The fourth-order valence-electron chi connectivity index (χ4n) is 3.47. The second kappa shape index (κ2) is 8.31. The van der Waals surface area contributed by atoms with Gasteiger partial charge in [0.15, 0.2) is 17.3 Å². The summed E-state index contributed by atoms with van der Waals surface area (Å²) >= 11 is 6.42. The van der Waals surface area contributed by atoms with E-state index >= 15 is 0 Å². The Kier molecular flexibility index (Phi) is 5.56. The van der Waals surface area contributed by atoms with Crippen LogP contribution in [0.25, 0.3) is 16.6 Å². The number of nitrogens with zero attached hydrogens (tertiary/aromatic N) is 3. The summed E-state index contributed by atoms with van der Waals surface area (Å²) in [4.78, 5) is 21.9. The van der Waals surface area contributed by atoms with Crippen molar-refractivity contribution in [3.63, 3.8) is 0 Å². The smallest absolute Gasteiger partial charge is 0.287 e. The lowest BCUT2D eigenvalue weighted by molar-refractivity contribution is 0.0945. The van der Waals surface area contributed by atoms with Crippen LogP contribution >= 0.6 is 11.6 Å². The summed E-state index contributed by atoms with van der Waals surface area (Å²) in [6, 6.07) is 9.19. The molecular weight excluding hydrogens is 418 g/mol. The number of aryl methyl sites for hydroxylation is 1. The molecule has 2 N–H and O–H groups in total. The van der Waals surface area contributed by atoms with Crippen molar-refractivity contribution >= 4 is 45.6 Å². The molecule has 4 aromatic rings. The monoisotopic (exact) mass is 439 g/mol. The average Bonchev–Trinajstić information content (AvgIpc) is 3.21. The summed E-state index contributed by atoms with van der Waals surface area (Å²) in [5.74, 6) is 1.52. The Morgan fingerprint density at radius 2 is 1.90 bits per heavy atom. The van der Waals surface area contributed by atoms with Crippen molar-refractivity contribution in [3.8, 4) is 11.5 Å². The van der Waals surface area contributed by atoms with Crippen molar-refractivity contribution in [1.82, 2.24) is 19.7 Å². The first-order valence-corrected chi connectivity index (χ1v) is 10.1. The number of fused-ring (bicyclic) bond motifs is 3. The standard InChI is InChI=1S/C22H22ClN5O3/c1-5-24-22(29)21-25-11-16-20(27-19-12(2)7-6-8-13(19)23)26-14-9-17(30-3)18(31-4)10-15(14)28(16)21/h6-11H,5H2,1-4H3,(H,24,29)(H,26,27). The third-order valence-corrected chi connectivity index (χ3v) is 5.28. The number of carbonyl (C=O) groups excluding carboxylic acids is 1. The molecule has 2 heterocycles. The second-order valence-corrected chi connectivity index (χ2v) is 7.28. The molecule has 0 aliphatic heterocycles. The van der Waals surface area contributed by atoms with E-state index in [0.717, 1.165) is 11.3 Å². The highest BCUT2D eigenvalue weighted by molar-refractivity contribution is 6.33. The largest absolute Gasteiger partial charge is 0.493 e. The fourth-order valence-corrected chi connectivity index (χ4v) is 3.74. The van der Waals surface area contributed by atoms with E-state index in [1.165, 1.54) is 0 Å². The molecule has 0 radical (unpaired) electrons. The number of benzene rings is 2. The van der Waals surface area contributed by atoms with Crippen molar-refractivity contribution < 1.29 is 14.3 Å². The van der Waals surface area contributed by atoms with E-state index in [4.69, 9.17) is 26.1 Å². The molecule has 2 aromatic carbocycles. The number of para-hydroxylation sites is 1. The van der Waals surface area contributed by atoms with Crippen molar-refractivity contribution in [2.45, 2.75) is 13.8 Å². The number of hydrogen-bond donors (Lipinski definition) is 2. The molecule has 0 unspecified atom stereocenters. The van der Waals surface area contributed by atoms with Crippen LogP contribution in [0.2, 0.25) is 5.02 Å². The highest BCUT2D eigenvalue weighted by Gasteiger charge is 2.20. The lowest BCUT2D eigenvalue weighted by Crippen LogP contribution is -2.25. The lowest BCUT2D eigenvalue weighted by Gasteiger charge is -2.15. The predicted molar refractivity (Wildman–Crippen MR) is 121 cm³/mol. The number of aromatic nitrogens is 3. The predicted octanol–water partition coefficient (Wildman–Crippen LogP) is 4.35. The van der Waals surface area contributed by atoms with Gasteiger partial charge in [0.05, 0.1) is 42.2 Å². The Balaban J connectivity index is 2.03. The molecule has 1 amide bonds. The Morgan fingerprint density at radius 1 is 1.16 bits per heavy atom. The first-order valence-electron chi connectivity index (χ1n) is 9.72. The molecule has 8 nitrogen and oxygen atoms in total. The van der Waals surface area contributed by atoms with Crippen LogP contribution in [0.5, 0.6) is 11.5 Å². The summed E-state index contributed by atoms with van der Waals surface area (Å²) < 4.78 is 12.6. The van der Waals surface area contributed by atoms with E-state index < -0.39 is 0 Å². The molecule has 0 fully saturated rings. The molecule has 9 heteroatoms. The van der Waals surface area contributed by atoms with E-state index in [0.29, 0.717) is 45.4 Å². The molecule has 0 saturated heterocycles. The van der Waals surface area contributed by atoms with Crippen LogP contribution in [0.1, 0.15) is 23.1 Å². The molecule has 0 atom stereocenters. The number of imidazole rings is 1. The van der Waals surface area contributed by atoms with Crippen LogP contribution < -0.4 is 20.1 Å². The third kappa shape index (κ3) is 3.59. The Morgan fingerprint density at radius 3 is 2.58 bits per heavy atom. The van der Waals surface area contributed by atoms with Crippen molar-refractivity contribution in [2.75, 3.05) is 26.1 Å². The van der Waals surface area contributed by atoms with Gasteiger partial charge in [0, 0.05) is 18.7 Å². The average molecular weight is 440 g/mol. The van der Waals surface area contributed by atoms with Gasteiger partial charge in [0.25, 0.3) is 5.91 Å². The Labute approximate surface area is 184 Å². The molecular formula is C22H22ClN5O3. The first-order chi connectivity index (χ1) is 15.0. The van der Waals surface area contributed by atoms with E-state index in [1.54, 1.807) is 43.0 Å². The summed E-state index contributed by atoms with van der Waals surface area (Å²) in [6.07, 6.45) is 1.61. The quantitative estimate of drug-likeness (QED) is 0.464. The second-order valence-electron chi connectivity index (χ2n) is 6.87. The van der Waals surface area contributed by atoms with Crippen LogP contribution in [0.15, 0.2) is 36.5 Å². The van der Waals surface area contributed by atoms with Gasteiger partial charge >= 0.3 is 0 Å². The topological polar surface area (TPSA) is 89.8 Å². The van der Waals surface area contributed by atoms with Crippen LogP contribution in [-0.4, -0.2) is 41.0 Å². The van der Waals surface area contributed by atoms with Gasteiger partial charge in [-0.1, -0.05) is 23.7 Å². The van der Waals surface area contributed by atoms with Gasteiger partial charge in [0.1, 0.15) is 5.52 Å². The number of carbonyl (C=O) groups is 1. The molecule has 160 valence electrons. The van der Waals surface area contributed by atoms with Crippen LogP contribution in [-0.2, 0) is 0 Å². The SMILES string of the molecule is CCNC(=O)c1ncc2c(Nc3c(C)cccc3Cl)nc3cc(OC)c(OC)cc3n12. The highest BCUT2D eigenvalue weighted by Crippen LogP contribution is 2.36. The minimum absolute atomic E-state index is 0.246. The zero-order valence-corrected chi connectivity index (χ0v) is 18.4. The summed E-state index contributed by atoms with van der Waals surface area (Å²) in [6.45, 7) is 4.29.